The van der Waals surface area contributed by atoms with Crippen LogP contribution in [-0.2, 0) is 6.54 Å². The Kier molecular flexibility index (Phi) is 2.20. The summed E-state index contributed by atoms with van der Waals surface area (Å²) in [7, 11) is 0. The number of anilines is 1. The quantitative estimate of drug-likeness (QED) is 0.688. The molecule has 0 aliphatic carbocycles. The highest BCUT2D eigenvalue weighted by Gasteiger charge is 2.02. The van der Waals surface area contributed by atoms with Crippen LogP contribution in [0.5, 0.6) is 0 Å². The second-order valence-corrected chi connectivity index (χ2v) is 3.03. The van der Waals surface area contributed by atoms with Gasteiger partial charge < -0.3 is 11.5 Å². The van der Waals surface area contributed by atoms with Gasteiger partial charge in [-0.25, -0.2) is 4.68 Å². The summed E-state index contributed by atoms with van der Waals surface area (Å²) in [6, 6.07) is 9.44. The van der Waals surface area contributed by atoms with Crippen LogP contribution < -0.4 is 11.5 Å². The molecule has 4 nitrogen and oxygen atoms in total. The van der Waals surface area contributed by atoms with E-state index >= 15 is 0 Å². The number of benzene rings is 1. The van der Waals surface area contributed by atoms with E-state index in [1.54, 1.807) is 10.9 Å². The first kappa shape index (κ1) is 8.77. The summed E-state index contributed by atoms with van der Waals surface area (Å²) in [5.74, 6) is 0. The zero-order chi connectivity index (χ0) is 9.97. The van der Waals surface area contributed by atoms with E-state index in [1.165, 1.54) is 0 Å². The van der Waals surface area contributed by atoms with Gasteiger partial charge >= 0.3 is 0 Å². The molecule has 0 aliphatic heterocycles. The lowest BCUT2D eigenvalue weighted by molar-refractivity contribution is 0.804. The molecule has 0 unspecified atom stereocenters. The second-order valence-electron chi connectivity index (χ2n) is 3.03. The molecule has 2 aromatic rings. The third kappa shape index (κ3) is 1.47. The predicted molar refractivity (Wildman–Crippen MR) is 55.9 cm³/mol. The molecule has 1 aromatic carbocycles. The van der Waals surface area contributed by atoms with Gasteiger partial charge in [-0.15, -0.1) is 0 Å². The Morgan fingerprint density at radius 2 is 2.14 bits per heavy atom. The lowest BCUT2D eigenvalue weighted by Crippen LogP contribution is -2.06. The molecule has 72 valence electrons. The maximum Gasteiger partial charge on any atom is 0.0669 e. The van der Waals surface area contributed by atoms with Crippen molar-refractivity contribution in [2.45, 2.75) is 6.54 Å². The van der Waals surface area contributed by atoms with Crippen LogP contribution in [0.1, 0.15) is 5.69 Å². The normalized spacial score (nSPS) is 10.4. The van der Waals surface area contributed by atoms with Crippen LogP contribution in [0.4, 0.5) is 5.69 Å². The van der Waals surface area contributed by atoms with Crippen molar-refractivity contribution in [3.8, 4) is 5.69 Å². The molecule has 0 saturated heterocycles. The van der Waals surface area contributed by atoms with Crippen LogP contribution >= 0.6 is 0 Å². The van der Waals surface area contributed by atoms with Crippen molar-refractivity contribution < 1.29 is 0 Å². The van der Waals surface area contributed by atoms with Crippen molar-refractivity contribution in [3.05, 3.63) is 42.2 Å². The van der Waals surface area contributed by atoms with Crippen LogP contribution in [0.3, 0.4) is 0 Å². The van der Waals surface area contributed by atoms with Crippen LogP contribution in [0.2, 0.25) is 0 Å². The Morgan fingerprint density at radius 1 is 1.29 bits per heavy atom. The Balaban J connectivity index is 2.49. The summed E-state index contributed by atoms with van der Waals surface area (Å²) in [6.07, 6.45) is 1.73. The van der Waals surface area contributed by atoms with Gasteiger partial charge in [0.2, 0.25) is 0 Å². The SMILES string of the molecule is NCc1ccnn1-c1cccc(N)c1. The molecule has 0 atom stereocenters. The Hall–Kier alpha value is -1.81. The summed E-state index contributed by atoms with van der Waals surface area (Å²) in [6.45, 7) is 0.467. The Labute approximate surface area is 82.1 Å². The number of hydrogen-bond donors (Lipinski definition) is 2. The molecule has 1 aromatic heterocycles. The molecule has 4 heteroatoms. The van der Waals surface area contributed by atoms with Gasteiger partial charge in [-0.05, 0) is 24.3 Å². The summed E-state index contributed by atoms with van der Waals surface area (Å²) in [5.41, 5.74) is 13.9. The van der Waals surface area contributed by atoms with Gasteiger partial charge in [0, 0.05) is 18.4 Å². The largest absolute Gasteiger partial charge is 0.399 e. The van der Waals surface area contributed by atoms with Gasteiger partial charge in [0.25, 0.3) is 0 Å². The molecule has 1 heterocycles. The molecular weight excluding hydrogens is 176 g/mol. The molecular formula is C10H12N4. The van der Waals surface area contributed by atoms with Crippen molar-refractivity contribution in [1.82, 2.24) is 9.78 Å². The van der Waals surface area contributed by atoms with Crippen LogP contribution in [0.15, 0.2) is 36.5 Å². The molecule has 4 N–H and O–H groups in total. The van der Waals surface area contributed by atoms with Crippen LogP contribution in [-0.4, -0.2) is 9.78 Å². The fraction of sp³-hybridized carbons (Fsp3) is 0.100. The van der Waals surface area contributed by atoms with E-state index in [0.29, 0.717) is 6.54 Å². The first-order valence-corrected chi connectivity index (χ1v) is 4.40. The van der Waals surface area contributed by atoms with E-state index in [1.807, 2.05) is 30.3 Å². The molecule has 0 fully saturated rings. The zero-order valence-electron chi connectivity index (χ0n) is 7.72. The van der Waals surface area contributed by atoms with Crippen molar-refractivity contribution in [2.24, 2.45) is 5.73 Å². The molecule has 0 amide bonds. The van der Waals surface area contributed by atoms with Gasteiger partial charge in [-0.2, -0.15) is 5.10 Å². The summed E-state index contributed by atoms with van der Waals surface area (Å²) >= 11 is 0. The van der Waals surface area contributed by atoms with Crippen LogP contribution in [0, 0.1) is 0 Å². The summed E-state index contributed by atoms with van der Waals surface area (Å²) in [5, 5.41) is 4.18. The zero-order valence-corrected chi connectivity index (χ0v) is 7.72. The average molecular weight is 188 g/mol. The third-order valence-electron chi connectivity index (χ3n) is 2.05. The van der Waals surface area contributed by atoms with Gasteiger partial charge in [0.05, 0.1) is 11.4 Å². The number of rotatable bonds is 2. The lowest BCUT2D eigenvalue weighted by Gasteiger charge is -2.05. The summed E-state index contributed by atoms with van der Waals surface area (Å²) in [4.78, 5) is 0. The fourth-order valence-electron chi connectivity index (χ4n) is 1.37. The second kappa shape index (κ2) is 3.51. The van der Waals surface area contributed by atoms with Crippen molar-refractivity contribution in [3.63, 3.8) is 0 Å². The number of aromatic nitrogens is 2. The van der Waals surface area contributed by atoms with Gasteiger partial charge in [-0.3, -0.25) is 0 Å². The minimum Gasteiger partial charge on any atom is -0.399 e. The minimum absolute atomic E-state index is 0.467. The van der Waals surface area contributed by atoms with Gasteiger partial charge in [-0.1, -0.05) is 6.07 Å². The monoisotopic (exact) mass is 188 g/mol. The first-order chi connectivity index (χ1) is 6.81. The van der Waals surface area contributed by atoms with Crippen molar-refractivity contribution in [1.29, 1.82) is 0 Å². The van der Waals surface area contributed by atoms with Gasteiger partial charge in [0.1, 0.15) is 0 Å². The third-order valence-corrected chi connectivity index (χ3v) is 2.05. The van der Waals surface area contributed by atoms with Crippen molar-refractivity contribution in [2.75, 3.05) is 5.73 Å². The maximum absolute atomic E-state index is 5.68. The molecule has 0 spiro atoms. The van der Waals surface area contributed by atoms with Crippen molar-refractivity contribution >= 4 is 5.69 Å². The topological polar surface area (TPSA) is 69.9 Å². The number of nitrogens with two attached hydrogens (primary N) is 2. The Bertz CT molecular complexity index is 433. The van der Waals surface area contributed by atoms with E-state index in [4.69, 9.17) is 11.5 Å². The highest BCUT2D eigenvalue weighted by Crippen LogP contribution is 2.13. The minimum atomic E-state index is 0.467. The predicted octanol–water partition coefficient (Wildman–Crippen LogP) is 0.913. The molecule has 14 heavy (non-hydrogen) atoms. The molecule has 0 saturated carbocycles. The molecule has 0 radical (unpaired) electrons. The molecule has 2 rings (SSSR count). The van der Waals surface area contributed by atoms with Crippen LogP contribution in [0.25, 0.3) is 5.69 Å². The Morgan fingerprint density at radius 3 is 2.86 bits per heavy atom. The number of nitrogens with zero attached hydrogens (tertiary/aromatic N) is 2. The highest BCUT2D eigenvalue weighted by atomic mass is 15.3. The standard InChI is InChI=1S/C10H12N4/c11-7-10-4-5-13-14(10)9-3-1-2-8(12)6-9/h1-6H,7,11-12H2. The van der Waals surface area contributed by atoms with E-state index in [-0.39, 0.29) is 0 Å². The number of nitrogen functional groups attached to an aromatic ring is 1. The smallest absolute Gasteiger partial charge is 0.0669 e. The average Bonchev–Trinajstić information content (AvgIpc) is 2.65. The van der Waals surface area contributed by atoms with E-state index in [9.17, 15) is 0 Å². The van der Waals surface area contributed by atoms with E-state index in [0.717, 1.165) is 17.1 Å². The highest BCUT2D eigenvalue weighted by molar-refractivity contribution is 5.47. The van der Waals surface area contributed by atoms with E-state index < -0.39 is 0 Å². The summed E-state index contributed by atoms with van der Waals surface area (Å²) < 4.78 is 1.79. The molecule has 0 bridgehead atoms. The molecule has 0 aliphatic rings. The van der Waals surface area contributed by atoms with E-state index in [2.05, 4.69) is 5.10 Å². The first-order valence-electron chi connectivity index (χ1n) is 4.40. The lowest BCUT2D eigenvalue weighted by atomic mass is 10.3. The maximum atomic E-state index is 5.68. The van der Waals surface area contributed by atoms with Gasteiger partial charge in [0.15, 0.2) is 0 Å². The fourth-order valence-corrected chi connectivity index (χ4v) is 1.37. The number of hydrogen-bond acceptors (Lipinski definition) is 3.